The molecule has 600 valence electrons. The number of carbonyl (C=O) groups excluding carboxylic acids is 4. The molecule has 8 aromatic heterocycles. The minimum atomic E-state index is -0.595. The van der Waals surface area contributed by atoms with Crippen molar-refractivity contribution in [3.05, 3.63) is 163 Å². The van der Waals surface area contributed by atoms with E-state index in [9.17, 15) is 38.4 Å². The normalized spacial score (nSPS) is 15.9. The van der Waals surface area contributed by atoms with Gasteiger partial charge in [-0.25, -0.2) is 19.9 Å². The van der Waals surface area contributed by atoms with Crippen LogP contribution < -0.4 is 90.5 Å². The third kappa shape index (κ3) is 20.1. The highest BCUT2D eigenvalue weighted by Crippen LogP contribution is 2.33. The summed E-state index contributed by atoms with van der Waals surface area (Å²) in [5.41, 5.74) is 16.5. The van der Waals surface area contributed by atoms with Gasteiger partial charge in [0.1, 0.15) is 43.3 Å². The minimum absolute atomic E-state index is 0.0448. The van der Waals surface area contributed by atoms with Gasteiger partial charge in [0.25, 0.3) is 22.2 Å². The molecule has 5 aliphatic rings. The molecule has 17 rings (SSSR count). The highest BCUT2D eigenvalue weighted by molar-refractivity contribution is 7.20. The molecule has 4 aromatic carbocycles. The number of rotatable bonds is 17. The van der Waals surface area contributed by atoms with Crippen molar-refractivity contribution >= 4 is 135 Å². The Labute approximate surface area is 676 Å². The number of amides is 4. The fourth-order valence-corrected chi connectivity index (χ4v) is 17.3. The van der Waals surface area contributed by atoms with Crippen molar-refractivity contribution < 1.29 is 19.2 Å². The molecule has 0 bridgehead atoms. The lowest BCUT2D eigenvalue weighted by Crippen LogP contribution is -2.44. The first-order valence-corrected chi connectivity index (χ1v) is 41.9. The van der Waals surface area contributed by atoms with E-state index in [1.54, 1.807) is 51.2 Å². The summed E-state index contributed by atoms with van der Waals surface area (Å²) in [5.74, 6) is 2.34. The van der Waals surface area contributed by atoms with Crippen LogP contribution in [0.2, 0.25) is 0 Å². The monoisotopic (exact) mass is 1630 g/mol. The zero-order valence-corrected chi connectivity index (χ0v) is 67.2. The molecule has 0 unspecified atom stereocenters. The molecule has 5 fully saturated rings. The summed E-state index contributed by atoms with van der Waals surface area (Å²) in [4.78, 5) is 128. The van der Waals surface area contributed by atoms with E-state index in [1.807, 2.05) is 84.9 Å². The molecular weight excluding hydrogens is 1540 g/mol. The average Bonchev–Trinajstić information content (AvgIpc) is 1.67. The number of piperidine rings is 4. The minimum Gasteiger partial charge on any atom is -0.356 e. The summed E-state index contributed by atoms with van der Waals surface area (Å²) < 4.78 is 5.37. The molecule has 11 N–H and O–H groups in total. The van der Waals surface area contributed by atoms with E-state index in [0.717, 1.165) is 175 Å². The standard InChI is InChI=1S/C22H26N6O2S.2C19H22N6O2S.C18H21N7O2S/c29-19-14-18(27-11-2-1-3-12-27)25-22-28(19)26-21(31-22)16-5-4-6-17(13-16)24-20(30)15-7-9-23-10-8-15;2*1-12(20)17(27)21-14-7-5-6-13(10-14)18-23-25-16(26)11-15(22-19(25)28-18)24-8-3-2-4-9-24;1-19-11-15(26)21-13-4-2-3-12(9-13)17-23-25-16(27)10-14(22-18(25)28-17)24-7-5-20-6-8-24/h4-6,13-15,23H,1-3,7-12H2,(H,24,30);2*5-7,10-12H,2-4,8-9,20H2,1H3,(H,21,27);2-4,9-10,19-20H,5-8,11H2,1H3,(H,21,26)/t;2*12-;/m.10./s1. The Bertz CT molecular complexity index is 5550. The van der Waals surface area contributed by atoms with Crippen LogP contribution in [0, 0.1) is 5.92 Å². The van der Waals surface area contributed by atoms with E-state index in [1.165, 1.54) is 88.7 Å². The summed E-state index contributed by atoms with van der Waals surface area (Å²) in [7, 11) is 1.72. The van der Waals surface area contributed by atoms with E-state index in [4.69, 9.17) is 16.5 Å². The van der Waals surface area contributed by atoms with Gasteiger partial charge in [0.15, 0.2) is 0 Å². The van der Waals surface area contributed by atoms with Crippen LogP contribution in [-0.4, -0.2) is 186 Å². The van der Waals surface area contributed by atoms with Crippen LogP contribution in [0.1, 0.15) is 84.5 Å². The predicted molar refractivity (Wildman–Crippen MR) is 455 cm³/mol. The number of nitrogens with one attached hydrogen (secondary N) is 7. The fraction of sp³-hybridized carbons (Fsp3) is 0.385. The Kier molecular flexibility index (Phi) is 26.2. The molecule has 0 aliphatic carbocycles. The van der Waals surface area contributed by atoms with Gasteiger partial charge in [0, 0.05) is 141 Å². The van der Waals surface area contributed by atoms with Gasteiger partial charge in [0.05, 0.1) is 18.6 Å². The molecule has 33 nitrogen and oxygen atoms in total. The summed E-state index contributed by atoms with van der Waals surface area (Å²) in [6, 6.07) is 34.7. The van der Waals surface area contributed by atoms with Crippen LogP contribution in [0.5, 0.6) is 0 Å². The van der Waals surface area contributed by atoms with Crippen molar-refractivity contribution in [2.24, 2.45) is 17.4 Å². The maximum atomic E-state index is 12.7. The molecule has 5 aliphatic heterocycles. The SMILES string of the molecule is CNCC(=O)Nc1cccc(-c2nn3c(=O)cc(N4CCNCC4)nc3s2)c1.C[C@@H](N)C(=O)Nc1cccc(-c2nn3c(=O)cc(N4CCCCC4)nc3s2)c1.C[C@H](N)C(=O)Nc1cccc(-c2nn3c(=O)cc(N4CCCCC4)nc3s2)c1.O=C(Nc1cccc(-c2nn3c(=O)cc(N4CCCCC4)nc3s2)c1)C1CCNCC1. The van der Waals surface area contributed by atoms with E-state index in [0.29, 0.717) is 62.8 Å². The third-order valence-corrected chi connectivity index (χ3v) is 23.6. The number of nitrogens with two attached hydrogens (primary N) is 2. The summed E-state index contributed by atoms with van der Waals surface area (Å²) >= 11 is 5.45. The topological polar surface area (TPSA) is 407 Å². The first-order chi connectivity index (χ1) is 55.8. The van der Waals surface area contributed by atoms with Crippen LogP contribution >= 0.6 is 45.3 Å². The largest absolute Gasteiger partial charge is 0.356 e. The van der Waals surface area contributed by atoms with Crippen LogP contribution in [-0.2, 0) is 19.2 Å². The summed E-state index contributed by atoms with van der Waals surface area (Å²) in [5, 5.41) is 41.3. The number of fused-ring (bicyclic) bond motifs is 4. The van der Waals surface area contributed by atoms with Crippen molar-refractivity contribution in [2.45, 2.75) is 96.6 Å². The molecule has 4 amide bonds. The number of carbonyl (C=O) groups is 4. The van der Waals surface area contributed by atoms with E-state index < -0.39 is 12.1 Å². The Balaban J connectivity index is 0.000000127. The lowest BCUT2D eigenvalue weighted by molar-refractivity contribution is -0.120. The van der Waals surface area contributed by atoms with Crippen molar-refractivity contribution in [3.8, 4) is 42.3 Å². The lowest BCUT2D eigenvalue weighted by atomic mass is 9.97. The number of piperazine rings is 1. The Morgan fingerprint density at radius 1 is 0.409 bits per heavy atom. The van der Waals surface area contributed by atoms with Crippen LogP contribution in [0.4, 0.5) is 46.0 Å². The van der Waals surface area contributed by atoms with Gasteiger partial charge >= 0.3 is 0 Å². The first-order valence-electron chi connectivity index (χ1n) is 38.7. The molecule has 0 radical (unpaired) electrons. The molecule has 115 heavy (non-hydrogen) atoms. The molecule has 13 heterocycles. The van der Waals surface area contributed by atoms with E-state index in [2.05, 4.69) is 92.2 Å². The molecule has 0 spiro atoms. The molecule has 12 aromatic rings. The predicted octanol–water partition coefficient (Wildman–Crippen LogP) is 7.32. The zero-order chi connectivity index (χ0) is 80.1. The smallest absolute Gasteiger partial charge is 0.277 e. The first kappa shape index (κ1) is 80.4. The molecular formula is C78H91N25O8S4. The van der Waals surface area contributed by atoms with E-state index in [-0.39, 0.29) is 58.3 Å². The van der Waals surface area contributed by atoms with Gasteiger partial charge < -0.3 is 68.3 Å². The highest BCUT2D eigenvalue weighted by atomic mass is 32.1. The van der Waals surface area contributed by atoms with Crippen molar-refractivity contribution in [2.75, 3.05) is 133 Å². The number of aromatic nitrogens is 12. The van der Waals surface area contributed by atoms with Crippen LogP contribution in [0.15, 0.2) is 141 Å². The number of nitrogens with zero attached hydrogens (tertiary/aromatic N) is 16. The highest BCUT2D eigenvalue weighted by Gasteiger charge is 2.25. The molecule has 0 saturated carbocycles. The summed E-state index contributed by atoms with van der Waals surface area (Å²) in [6.45, 7) is 14.2. The second kappa shape index (κ2) is 37.4. The number of hydrogen-bond donors (Lipinski definition) is 9. The van der Waals surface area contributed by atoms with Crippen molar-refractivity contribution in [1.82, 2.24) is 74.3 Å². The Morgan fingerprint density at radius 3 is 1.02 bits per heavy atom. The maximum absolute atomic E-state index is 12.7. The quantitative estimate of drug-likeness (QED) is 0.0431. The second-order valence-corrected chi connectivity index (χ2v) is 32.4. The van der Waals surface area contributed by atoms with Gasteiger partial charge in [-0.2, -0.15) is 38.5 Å². The van der Waals surface area contributed by atoms with Crippen molar-refractivity contribution in [1.29, 1.82) is 0 Å². The fourth-order valence-electron chi connectivity index (χ4n) is 13.7. The third-order valence-electron chi connectivity index (χ3n) is 19.8. The number of benzene rings is 4. The van der Waals surface area contributed by atoms with Gasteiger partial charge in [-0.15, -0.1) is 0 Å². The zero-order valence-electron chi connectivity index (χ0n) is 64.0. The number of likely N-dealkylation sites (N-methyl/N-ethyl adjacent to an activating group) is 1. The van der Waals surface area contributed by atoms with Gasteiger partial charge in [-0.05, 0) is 153 Å². The van der Waals surface area contributed by atoms with Gasteiger partial charge in [-0.1, -0.05) is 93.9 Å². The Morgan fingerprint density at radius 2 is 0.704 bits per heavy atom. The second-order valence-electron chi connectivity index (χ2n) is 28.6. The maximum Gasteiger partial charge on any atom is 0.277 e. The Hall–Kier alpha value is -11.2. The molecule has 37 heteroatoms. The van der Waals surface area contributed by atoms with Crippen LogP contribution in [0.25, 0.3) is 62.1 Å². The van der Waals surface area contributed by atoms with Gasteiger partial charge in [0.2, 0.25) is 43.5 Å². The lowest BCUT2D eigenvalue weighted by Gasteiger charge is -2.27. The van der Waals surface area contributed by atoms with E-state index >= 15 is 0 Å². The number of hydrogen-bond acceptors (Lipinski definition) is 29. The van der Waals surface area contributed by atoms with Crippen LogP contribution in [0.3, 0.4) is 0 Å². The average molecular weight is 1640 g/mol. The summed E-state index contributed by atoms with van der Waals surface area (Å²) in [6.07, 6.45) is 12.1. The molecule has 5 saturated heterocycles. The van der Waals surface area contributed by atoms with Crippen molar-refractivity contribution in [3.63, 3.8) is 0 Å². The molecule has 2 atom stereocenters. The van der Waals surface area contributed by atoms with Gasteiger partial charge in [-0.3, -0.25) is 38.4 Å². The number of anilines is 8.